The first-order valence-corrected chi connectivity index (χ1v) is 6.72. The normalized spacial score (nSPS) is 12.1. The van der Waals surface area contributed by atoms with Crippen molar-refractivity contribution in [2.24, 2.45) is 0 Å². The van der Waals surface area contributed by atoms with Crippen LogP contribution in [0.5, 0.6) is 0 Å². The Kier molecular flexibility index (Phi) is 5.32. The summed E-state index contributed by atoms with van der Waals surface area (Å²) in [6.45, 7) is 0.596. The Morgan fingerprint density at radius 2 is 2.10 bits per heavy atom. The third-order valence-electron chi connectivity index (χ3n) is 3.08. The number of aromatic nitrogens is 2. The van der Waals surface area contributed by atoms with Gasteiger partial charge in [0.05, 0.1) is 6.04 Å². The van der Waals surface area contributed by atoms with E-state index in [0.717, 1.165) is 5.56 Å². The van der Waals surface area contributed by atoms with Gasteiger partial charge < -0.3 is 10.4 Å². The molecule has 1 aromatic heterocycles. The highest BCUT2D eigenvalue weighted by Crippen LogP contribution is 2.16. The molecule has 1 atom stereocenters. The van der Waals surface area contributed by atoms with Crippen LogP contribution in [0.3, 0.4) is 0 Å². The highest BCUT2D eigenvalue weighted by molar-refractivity contribution is 5.76. The van der Waals surface area contributed by atoms with Crippen molar-refractivity contribution in [1.29, 1.82) is 0 Å². The zero-order valence-corrected chi connectivity index (χ0v) is 11.3. The molecule has 106 valence electrons. The van der Waals surface area contributed by atoms with Crippen LogP contribution in [0.25, 0.3) is 0 Å². The van der Waals surface area contributed by atoms with Gasteiger partial charge in [-0.05, 0) is 18.1 Å². The molecule has 1 amide bonds. The zero-order chi connectivity index (χ0) is 14.2. The molecule has 1 aromatic carbocycles. The van der Waals surface area contributed by atoms with Crippen LogP contribution in [0.15, 0.2) is 48.8 Å². The molecule has 1 heterocycles. The van der Waals surface area contributed by atoms with Gasteiger partial charge in [0.1, 0.15) is 0 Å². The van der Waals surface area contributed by atoms with E-state index in [9.17, 15) is 4.79 Å². The molecule has 0 aliphatic carbocycles. The van der Waals surface area contributed by atoms with E-state index in [2.05, 4.69) is 10.4 Å². The zero-order valence-electron chi connectivity index (χ0n) is 11.3. The van der Waals surface area contributed by atoms with E-state index in [1.807, 2.05) is 42.6 Å². The van der Waals surface area contributed by atoms with Gasteiger partial charge in [0, 0.05) is 32.0 Å². The fourth-order valence-corrected chi connectivity index (χ4v) is 2.05. The van der Waals surface area contributed by atoms with Crippen LogP contribution in [0, 0.1) is 0 Å². The van der Waals surface area contributed by atoms with Crippen molar-refractivity contribution in [3.05, 3.63) is 54.4 Å². The minimum Gasteiger partial charge on any atom is -0.396 e. The van der Waals surface area contributed by atoms with Crippen molar-refractivity contribution in [3.8, 4) is 0 Å². The second-order valence-electron chi connectivity index (χ2n) is 4.56. The number of rotatable bonds is 7. The molecular weight excluding hydrogens is 254 g/mol. The number of hydrogen-bond donors (Lipinski definition) is 2. The molecule has 5 nitrogen and oxygen atoms in total. The first-order chi connectivity index (χ1) is 9.79. The summed E-state index contributed by atoms with van der Waals surface area (Å²) in [6, 6.07) is 11.4. The Balaban J connectivity index is 1.89. The highest BCUT2D eigenvalue weighted by Gasteiger charge is 2.13. The topological polar surface area (TPSA) is 67.2 Å². The second-order valence-corrected chi connectivity index (χ2v) is 4.56. The minimum absolute atomic E-state index is 0.0391. The number of aryl methyl sites for hydroxylation is 1. The monoisotopic (exact) mass is 273 g/mol. The summed E-state index contributed by atoms with van der Waals surface area (Å²) >= 11 is 0. The molecule has 2 rings (SSSR count). The molecule has 0 radical (unpaired) electrons. The molecule has 0 aliphatic heterocycles. The number of benzene rings is 1. The third-order valence-corrected chi connectivity index (χ3v) is 3.08. The van der Waals surface area contributed by atoms with Crippen molar-refractivity contribution >= 4 is 5.91 Å². The molecule has 0 spiro atoms. The molecular formula is C15H19N3O2. The predicted molar refractivity (Wildman–Crippen MR) is 75.9 cm³/mol. The molecule has 0 aliphatic rings. The fourth-order valence-electron chi connectivity index (χ4n) is 2.05. The van der Waals surface area contributed by atoms with Crippen molar-refractivity contribution in [2.75, 3.05) is 6.61 Å². The number of hydrogen-bond acceptors (Lipinski definition) is 3. The van der Waals surface area contributed by atoms with Crippen LogP contribution in [0.2, 0.25) is 0 Å². The van der Waals surface area contributed by atoms with E-state index in [4.69, 9.17) is 5.11 Å². The van der Waals surface area contributed by atoms with Gasteiger partial charge in [-0.1, -0.05) is 30.3 Å². The maximum Gasteiger partial charge on any atom is 0.222 e. The van der Waals surface area contributed by atoms with Gasteiger partial charge in [0.2, 0.25) is 5.91 Å². The Morgan fingerprint density at radius 1 is 1.30 bits per heavy atom. The van der Waals surface area contributed by atoms with Gasteiger partial charge >= 0.3 is 0 Å². The van der Waals surface area contributed by atoms with Gasteiger partial charge in [-0.2, -0.15) is 5.10 Å². The van der Waals surface area contributed by atoms with E-state index in [-0.39, 0.29) is 18.6 Å². The fraction of sp³-hybridized carbons (Fsp3) is 0.333. The number of carbonyl (C=O) groups excluding carboxylic acids is 1. The van der Waals surface area contributed by atoms with E-state index < -0.39 is 0 Å². The number of aliphatic hydroxyl groups is 1. The lowest BCUT2D eigenvalue weighted by Gasteiger charge is -2.18. The van der Waals surface area contributed by atoms with E-state index in [0.29, 0.717) is 19.4 Å². The Morgan fingerprint density at radius 3 is 2.75 bits per heavy atom. The number of aliphatic hydroxyl groups excluding tert-OH is 1. The maximum atomic E-state index is 12.0. The van der Waals surface area contributed by atoms with Gasteiger partial charge in [-0.3, -0.25) is 9.48 Å². The third kappa shape index (κ3) is 4.20. The lowest BCUT2D eigenvalue weighted by atomic mass is 10.0. The number of amides is 1. The number of nitrogens with zero attached hydrogens (tertiary/aromatic N) is 2. The van der Waals surface area contributed by atoms with Crippen molar-refractivity contribution in [3.63, 3.8) is 0 Å². The summed E-state index contributed by atoms with van der Waals surface area (Å²) in [5, 5.41) is 16.1. The standard InChI is InChI=1S/C15H19N3O2/c19-12-8-14(13-5-2-1-3-6-13)17-15(20)7-11-18-10-4-9-16-18/h1-6,9-10,14,19H,7-8,11-12H2,(H,17,20). The van der Waals surface area contributed by atoms with Crippen molar-refractivity contribution in [2.45, 2.75) is 25.4 Å². The highest BCUT2D eigenvalue weighted by atomic mass is 16.3. The van der Waals surface area contributed by atoms with Crippen molar-refractivity contribution < 1.29 is 9.90 Å². The summed E-state index contributed by atoms with van der Waals surface area (Å²) < 4.78 is 1.73. The summed E-state index contributed by atoms with van der Waals surface area (Å²) in [4.78, 5) is 12.0. The molecule has 0 saturated carbocycles. The average molecular weight is 273 g/mol. The molecule has 1 unspecified atom stereocenters. The largest absolute Gasteiger partial charge is 0.396 e. The number of carbonyl (C=O) groups is 1. The van der Waals surface area contributed by atoms with Gasteiger partial charge in [0.15, 0.2) is 0 Å². The van der Waals surface area contributed by atoms with E-state index >= 15 is 0 Å². The van der Waals surface area contributed by atoms with Gasteiger partial charge in [-0.25, -0.2) is 0 Å². The molecule has 2 N–H and O–H groups in total. The summed E-state index contributed by atoms with van der Waals surface area (Å²) in [5.41, 5.74) is 1.01. The second kappa shape index (κ2) is 7.45. The Bertz CT molecular complexity index is 511. The quantitative estimate of drug-likeness (QED) is 0.803. The first kappa shape index (κ1) is 14.3. The van der Waals surface area contributed by atoms with Crippen LogP contribution >= 0.6 is 0 Å². The maximum absolute atomic E-state index is 12.0. The smallest absolute Gasteiger partial charge is 0.222 e. The summed E-state index contributed by atoms with van der Waals surface area (Å²) in [7, 11) is 0. The number of nitrogens with one attached hydrogen (secondary N) is 1. The SMILES string of the molecule is O=C(CCn1cccn1)NC(CCO)c1ccccc1. The molecule has 2 aromatic rings. The van der Waals surface area contributed by atoms with Crippen LogP contribution in [0.1, 0.15) is 24.4 Å². The Hall–Kier alpha value is -2.14. The van der Waals surface area contributed by atoms with Crippen LogP contribution in [-0.4, -0.2) is 27.4 Å². The first-order valence-electron chi connectivity index (χ1n) is 6.72. The lowest BCUT2D eigenvalue weighted by Crippen LogP contribution is -2.29. The van der Waals surface area contributed by atoms with Gasteiger partial charge in [-0.15, -0.1) is 0 Å². The average Bonchev–Trinajstić information content (AvgIpc) is 2.99. The summed E-state index contributed by atoms with van der Waals surface area (Å²) in [6.07, 6.45) is 4.40. The molecule has 20 heavy (non-hydrogen) atoms. The minimum atomic E-state index is -0.147. The predicted octanol–water partition coefficient (Wildman–Crippen LogP) is 1.51. The summed E-state index contributed by atoms with van der Waals surface area (Å²) in [5.74, 6) is -0.0391. The van der Waals surface area contributed by atoms with Gasteiger partial charge in [0.25, 0.3) is 0 Å². The molecule has 0 bridgehead atoms. The van der Waals surface area contributed by atoms with E-state index in [1.54, 1.807) is 10.9 Å². The molecule has 0 fully saturated rings. The Labute approximate surface area is 118 Å². The lowest BCUT2D eigenvalue weighted by molar-refractivity contribution is -0.122. The van der Waals surface area contributed by atoms with E-state index in [1.165, 1.54) is 0 Å². The van der Waals surface area contributed by atoms with Crippen LogP contribution in [0.4, 0.5) is 0 Å². The van der Waals surface area contributed by atoms with Crippen LogP contribution in [-0.2, 0) is 11.3 Å². The molecule has 5 heteroatoms. The molecule has 0 saturated heterocycles. The van der Waals surface area contributed by atoms with Crippen LogP contribution < -0.4 is 5.32 Å². The van der Waals surface area contributed by atoms with Crippen molar-refractivity contribution in [1.82, 2.24) is 15.1 Å².